The van der Waals surface area contributed by atoms with Crippen LogP contribution in [0, 0.1) is 0 Å². The van der Waals surface area contributed by atoms with Gasteiger partial charge in [0, 0.05) is 11.0 Å². The van der Waals surface area contributed by atoms with Crippen LogP contribution in [0.15, 0.2) is 24.3 Å². The molecule has 0 heterocycles. The van der Waals surface area contributed by atoms with Crippen LogP contribution in [0.3, 0.4) is 0 Å². The maximum Gasteiger partial charge on any atom is 0.119 e. The monoisotopic (exact) mass is 314 g/mol. The molecule has 1 fully saturated rings. The van der Waals surface area contributed by atoms with E-state index in [9.17, 15) is 0 Å². The molecule has 2 atom stereocenters. The van der Waals surface area contributed by atoms with Gasteiger partial charge in [0.2, 0.25) is 0 Å². The molecule has 0 aromatic heterocycles. The molecule has 126 valence electrons. The molecule has 1 saturated carbocycles. The number of benzene rings is 1. The largest absolute Gasteiger partial charge is 0.497 e. The van der Waals surface area contributed by atoms with E-state index in [0.29, 0.717) is 0 Å². The fourth-order valence-corrected chi connectivity index (χ4v) is 4.44. The van der Waals surface area contributed by atoms with Crippen LogP contribution in [0.25, 0.3) is 6.08 Å². The first-order valence-electron chi connectivity index (χ1n) is 8.90. The number of ether oxygens (including phenoxy) is 1. The third-order valence-electron chi connectivity index (χ3n) is 6.13. The molecule has 1 aromatic rings. The van der Waals surface area contributed by atoms with Gasteiger partial charge in [0.15, 0.2) is 0 Å². The second-order valence-electron chi connectivity index (χ2n) is 7.26. The maximum absolute atomic E-state index is 6.99. The minimum Gasteiger partial charge on any atom is -0.497 e. The summed E-state index contributed by atoms with van der Waals surface area (Å²) in [6, 6.07) is 6.48. The zero-order chi connectivity index (χ0) is 16.5. The van der Waals surface area contributed by atoms with Crippen LogP contribution in [0.1, 0.15) is 50.2 Å². The smallest absolute Gasteiger partial charge is 0.119 e. The predicted octanol–water partition coefficient (Wildman–Crippen LogP) is 3.57. The quantitative estimate of drug-likeness (QED) is 0.903. The van der Waals surface area contributed by atoms with Crippen LogP contribution in [-0.2, 0) is 5.41 Å². The number of fused-ring (bicyclic) bond motifs is 3. The van der Waals surface area contributed by atoms with Gasteiger partial charge in [-0.05, 0) is 62.7 Å². The Labute approximate surface area is 140 Å². The summed E-state index contributed by atoms with van der Waals surface area (Å²) in [5.74, 6) is 0.940. The Morgan fingerprint density at radius 3 is 2.78 bits per heavy atom. The van der Waals surface area contributed by atoms with Crippen molar-refractivity contribution < 1.29 is 4.74 Å². The van der Waals surface area contributed by atoms with Crippen LogP contribution >= 0.6 is 0 Å². The average molecular weight is 314 g/mol. The lowest BCUT2D eigenvalue weighted by Gasteiger charge is -2.54. The molecule has 0 aliphatic heterocycles. The number of rotatable bonds is 5. The topological polar surface area (TPSA) is 38.5 Å². The lowest BCUT2D eigenvalue weighted by Crippen LogP contribution is -2.61. The summed E-state index contributed by atoms with van der Waals surface area (Å²) >= 11 is 0. The van der Waals surface area contributed by atoms with Gasteiger partial charge in [0.25, 0.3) is 0 Å². The van der Waals surface area contributed by atoms with Gasteiger partial charge in [-0.1, -0.05) is 38.0 Å². The molecule has 0 spiro atoms. The number of nitrogens with two attached hydrogens (primary N) is 1. The van der Waals surface area contributed by atoms with Gasteiger partial charge < -0.3 is 15.4 Å². The highest BCUT2D eigenvalue weighted by molar-refractivity contribution is 5.65. The van der Waals surface area contributed by atoms with E-state index in [-0.39, 0.29) is 11.0 Å². The molecule has 23 heavy (non-hydrogen) atoms. The third-order valence-corrected chi connectivity index (χ3v) is 6.13. The van der Waals surface area contributed by atoms with Crippen molar-refractivity contribution in [3.8, 4) is 5.75 Å². The predicted molar refractivity (Wildman–Crippen MR) is 96.9 cm³/mol. The zero-order valence-electron chi connectivity index (χ0n) is 14.8. The van der Waals surface area contributed by atoms with E-state index in [0.717, 1.165) is 31.7 Å². The van der Waals surface area contributed by atoms with Crippen LogP contribution in [0.5, 0.6) is 5.75 Å². The minimum absolute atomic E-state index is 0.0350. The SMILES string of the molecule is CCN(C)CC[C@@]12CCCC[C@]1(N)C=Cc1ccc(OC)cc12. The van der Waals surface area contributed by atoms with E-state index in [4.69, 9.17) is 10.5 Å². The van der Waals surface area contributed by atoms with Crippen LogP contribution in [0.2, 0.25) is 0 Å². The van der Waals surface area contributed by atoms with Gasteiger partial charge in [-0.25, -0.2) is 0 Å². The molecule has 0 saturated heterocycles. The molecule has 3 nitrogen and oxygen atoms in total. The van der Waals surface area contributed by atoms with Gasteiger partial charge in [-0.2, -0.15) is 0 Å². The van der Waals surface area contributed by atoms with Crippen molar-refractivity contribution in [2.75, 3.05) is 27.2 Å². The Morgan fingerprint density at radius 2 is 2.04 bits per heavy atom. The van der Waals surface area contributed by atoms with Crippen molar-refractivity contribution in [3.05, 3.63) is 35.4 Å². The number of hydrogen-bond acceptors (Lipinski definition) is 3. The first-order chi connectivity index (χ1) is 11.0. The Kier molecular flexibility index (Phi) is 4.52. The highest BCUT2D eigenvalue weighted by Crippen LogP contribution is 2.52. The molecule has 1 aromatic carbocycles. The summed E-state index contributed by atoms with van der Waals surface area (Å²) in [7, 11) is 3.94. The molecule has 3 rings (SSSR count). The summed E-state index contributed by atoms with van der Waals surface area (Å²) < 4.78 is 5.51. The number of hydrogen-bond donors (Lipinski definition) is 1. The zero-order valence-corrected chi connectivity index (χ0v) is 14.8. The molecular formula is C20H30N2O. The Balaban J connectivity index is 2.07. The van der Waals surface area contributed by atoms with E-state index in [2.05, 4.69) is 49.2 Å². The lowest BCUT2D eigenvalue weighted by atomic mass is 9.54. The van der Waals surface area contributed by atoms with Crippen LogP contribution < -0.4 is 10.5 Å². The summed E-state index contributed by atoms with van der Waals surface area (Å²) in [4.78, 5) is 2.39. The molecule has 3 heteroatoms. The van der Waals surface area contributed by atoms with Gasteiger partial charge in [0.05, 0.1) is 7.11 Å². The second-order valence-corrected chi connectivity index (χ2v) is 7.26. The summed E-state index contributed by atoms with van der Waals surface area (Å²) in [6.07, 6.45) is 10.4. The van der Waals surface area contributed by atoms with E-state index < -0.39 is 0 Å². The summed E-state index contributed by atoms with van der Waals surface area (Å²) in [6.45, 7) is 4.38. The van der Waals surface area contributed by atoms with Gasteiger partial charge >= 0.3 is 0 Å². The van der Waals surface area contributed by atoms with Crippen molar-refractivity contribution in [2.45, 2.75) is 50.0 Å². The Morgan fingerprint density at radius 1 is 1.26 bits per heavy atom. The fourth-order valence-electron chi connectivity index (χ4n) is 4.44. The molecule has 2 aliphatic rings. The summed E-state index contributed by atoms with van der Waals surface area (Å²) in [5, 5.41) is 0. The van der Waals surface area contributed by atoms with Crippen LogP contribution in [-0.4, -0.2) is 37.7 Å². The Hall–Kier alpha value is -1.32. The van der Waals surface area contributed by atoms with E-state index in [1.54, 1.807) is 7.11 Å². The van der Waals surface area contributed by atoms with E-state index in [1.165, 1.54) is 30.4 Å². The third kappa shape index (κ3) is 2.70. The fraction of sp³-hybridized carbons (Fsp3) is 0.600. The maximum atomic E-state index is 6.99. The second kappa shape index (κ2) is 6.29. The molecule has 0 unspecified atom stereocenters. The highest BCUT2D eigenvalue weighted by atomic mass is 16.5. The molecular weight excluding hydrogens is 284 g/mol. The van der Waals surface area contributed by atoms with Crippen molar-refractivity contribution in [2.24, 2.45) is 5.73 Å². The van der Waals surface area contributed by atoms with Gasteiger partial charge in [-0.3, -0.25) is 0 Å². The number of nitrogens with zero attached hydrogens (tertiary/aromatic N) is 1. The van der Waals surface area contributed by atoms with Crippen molar-refractivity contribution in [1.82, 2.24) is 4.90 Å². The van der Waals surface area contributed by atoms with Crippen molar-refractivity contribution >= 4 is 6.08 Å². The van der Waals surface area contributed by atoms with Gasteiger partial charge in [-0.15, -0.1) is 0 Å². The first-order valence-corrected chi connectivity index (χ1v) is 8.90. The van der Waals surface area contributed by atoms with E-state index in [1.807, 2.05) is 0 Å². The Bertz CT molecular complexity index is 597. The highest BCUT2D eigenvalue weighted by Gasteiger charge is 2.51. The molecule has 2 aliphatic carbocycles. The lowest BCUT2D eigenvalue weighted by molar-refractivity contribution is 0.151. The standard InChI is InChI=1S/C20H30N2O/c1-4-22(2)14-13-19-10-5-6-11-20(19,21)12-9-16-7-8-17(23-3)15-18(16)19/h7-9,12,15H,4-6,10-11,13-14,21H2,1-3H3/t19-,20+/m1/s1. The van der Waals surface area contributed by atoms with Crippen molar-refractivity contribution in [3.63, 3.8) is 0 Å². The first kappa shape index (κ1) is 16.5. The molecule has 0 bridgehead atoms. The van der Waals surface area contributed by atoms with Gasteiger partial charge in [0.1, 0.15) is 5.75 Å². The number of methoxy groups -OCH3 is 1. The normalized spacial score (nSPS) is 29.3. The average Bonchev–Trinajstić information content (AvgIpc) is 2.59. The summed E-state index contributed by atoms with van der Waals surface area (Å²) in [5.41, 5.74) is 9.51. The molecule has 0 radical (unpaired) electrons. The van der Waals surface area contributed by atoms with E-state index >= 15 is 0 Å². The van der Waals surface area contributed by atoms with Crippen molar-refractivity contribution in [1.29, 1.82) is 0 Å². The minimum atomic E-state index is -0.223. The molecule has 0 amide bonds. The van der Waals surface area contributed by atoms with Crippen LogP contribution in [0.4, 0.5) is 0 Å². The molecule has 2 N–H and O–H groups in total.